The molecule has 1 aromatic rings. The van der Waals surface area contributed by atoms with E-state index in [-0.39, 0.29) is 5.41 Å². The van der Waals surface area contributed by atoms with Crippen molar-refractivity contribution in [3.05, 3.63) is 35.9 Å². The van der Waals surface area contributed by atoms with Gasteiger partial charge < -0.3 is 5.32 Å². The smallest absolute Gasteiger partial charge is 0.00678 e. The molecular weight excluding hydrogens is 254 g/mol. The summed E-state index contributed by atoms with van der Waals surface area (Å²) < 4.78 is 0. The van der Waals surface area contributed by atoms with Gasteiger partial charge in [-0.15, -0.1) is 0 Å². The largest absolute Gasteiger partial charge is 0.313 e. The highest BCUT2D eigenvalue weighted by molar-refractivity contribution is 5.23. The maximum Gasteiger partial charge on any atom is 0.00678 e. The van der Waals surface area contributed by atoms with Crippen LogP contribution in [0.1, 0.15) is 70.8 Å². The van der Waals surface area contributed by atoms with Crippen molar-refractivity contribution in [2.45, 2.75) is 76.7 Å². The average molecular weight is 285 g/mol. The molecule has 116 valence electrons. The predicted octanol–water partition coefficient (Wildman–Crippen LogP) is 5.06. The van der Waals surface area contributed by atoms with E-state index in [1.54, 1.807) is 0 Å². The average Bonchev–Trinajstić information content (AvgIpc) is 2.96. The second-order valence-electron chi connectivity index (χ2n) is 8.11. The van der Waals surface area contributed by atoms with E-state index in [2.05, 4.69) is 49.5 Å². The van der Waals surface area contributed by atoms with Crippen LogP contribution in [0, 0.1) is 5.41 Å². The Morgan fingerprint density at radius 1 is 1.00 bits per heavy atom. The van der Waals surface area contributed by atoms with E-state index in [1.165, 1.54) is 56.9 Å². The number of hydrogen-bond acceptors (Lipinski definition) is 1. The van der Waals surface area contributed by atoms with Gasteiger partial charge in [-0.25, -0.2) is 0 Å². The van der Waals surface area contributed by atoms with Gasteiger partial charge in [0.1, 0.15) is 0 Å². The van der Waals surface area contributed by atoms with E-state index in [9.17, 15) is 0 Å². The van der Waals surface area contributed by atoms with E-state index in [0.29, 0.717) is 0 Å². The molecule has 0 amide bonds. The summed E-state index contributed by atoms with van der Waals surface area (Å²) in [6, 6.07) is 11.7. The Balaban J connectivity index is 1.50. The third-order valence-electron chi connectivity index (χ3n) is 6.10. The van der Waals surface area contributed by atoms with Gasteiger partial charge in [-0.1, -0.05) is 57.0 Å². The fourth-order valence-corrected chi connectivity index (χ4v) is 4.45. The second-order valence-corrected chi connectivity index (χ2v) is 8.11. The molecule has 0 heterocycles. The zero-order valence-electron chi connectivity index (χ0n) is 13.8. The molecule has 1 spiro atoms. The minimum atomic E-state index is 0.226. The fourth-order valence-electron chi connectivity index (χ4n) is 4.45. The molecule has 2 fully saturated rings. The molecule has 0 atom stereocenters. The van der Waals surface area contributed by atoms with Gasteiger partial charge in [0.25, 0.3) is 0 Å². The fraction of sp³-hybridized carbons (Fsp3) is 0.700. The molecule has 1 aromatic carbocycles. The molecule has 3 rings (SSSR count). The van der Waals surface area contributed by atoms with Crippen LogP contribution in [0.3, 0.4) is 0 Å². The molecule has 0 bridgehead atoms. The van der Waals surface area contributed by atoms with E-state index in [1.807, 2.05) is 0 Å². The highest BCUT2D eigenvalue weighted by atomic mass is 14.9. The summed E-state index contributed by atoms with van der Waals surface area (Å²) in [7, 11) is 0. The van der Waals surface area contributed by atoms with Crippen LogP contribution < -0.4 is 5.32 Å². The van der Waals surface area contributed by atoms with Crippen molar-refractivity contribution in [3.63, 3.8) is 0 Å². The first-order chi connectivity index (χ1) is 10.1. The zero-order chi connectivity index (χ0) is 14.8. The lowest BCUT2D eigenvalue weighted by Gasteiger charge is -2.39. The van der Waals surface area contributed by atoms with Crippen molar-refractivity contribution >= 4 is 0 Å². The molecular formula is C20H31N. The topological polar surface area (TPSA) is 12.0 Å². The lowest BCUT2D eigenvalue weighted by atomic mass is 9.71. The molecule has 1 N–H and O–H groups in total. The summed E-state index contributed by atoms with van der Waals surface area (Å²) in [5.41, 5.74) is 2.43. The zero-order valence-corrected chi connectivity index (χ0v) is 13.8. The Morgan fingerprint density at radius 3 is 2.24 bits per heavy atom. The minimum Gasteiger partial charge on any atom is -0.313 e. The molecule has 1 nitrogen and oxygen atoms in total. The number of hydrogen-bond donors (Lipinski definition) is 1. The first kappa shape index (κ1) is 15.1. The van der Waals surface area contributed by atoms with Crippen molar-refractivity contribution < 1.29 is 0 Å². The summed E-state index contributed by atoms with van der Waals surface area (Å²) in [6.45, 7) is 5.81. The van der Waals surface area contributed by atoms with Gasteiger partial charge in [-0.3, -0.25) is 0 Å². The van der Waals surface area contributed by atoms with Gasteiger partial charge in [-0.05, 0) is 49.5 Å². The van der Waals surface area contributed by atoms with E-state index >= 15 is 0 Å². The minimum absolute atomic E-state index is 0.226. The quantitative estimate of drug-likeness (QED) is 0.815. The van der Waals surface area contributed by atoms with Crippen molar-refractivity contribution in [1.82, 2.24) is 5.32 Å². The number of rotatable bonds is 4. The van der Waals surface area contributed by atoms with Crippen molar-refractivity contribution in [1.29, 1.82) is 0 Å². The van der Waals surface area contributed by atoms with Crippen molar-refractivity contribution in [2.24, 2.45) is 5.41 Å². The Hall–Kier alpha value is -0.820. The lowest BCUT2D eigenvalue weighted by Crippen LogP contribution is -2.42. The third kappa shape index (κ3) is 3.51. The maximum absolute atomic E-state index is 3.87. The van der Waals surface area contributed by atoms with Crippen LogP contribution in [-0.4, -0.2) is 12.6 Å². The molecule has 2 aliphatic rings. The molecule has 0 aliphatic heterocycles. The van der Waals surface area contributed by atoms with Gasteiger partial charge in [0.15, 0.2) is 0 Å². The molecule has 2 aliphatic carbocycles. The van der Waals surface area contributed by atoms with Crippen molar-refractivity contribution in [2.75, 3.05) is 6.54 Å². The molecule has 2 saturated carbocycles. The van der Waals surface area contributed by atoms with E-state index < -0.39 is 0 Å². The molecule has 21 heavy (non-hydrogen) atoms. The Bertz CT molecular complexity index is 432. The van der Waals surface area contributed by atoms with Crippen molar-refractivity contribution in [3.8, 4) is 0 Å². The standard InChI is InChI=1S/C20H31N/c1-19(2,17-8-4-3-5-9-17)16-21-18-10-14-20(15-11-18)12-6-7-13-20/h3-5,8-9,18,21H,6-7,10-16H2,1-2H3. The summed E-state index contributed by atoms with van der Waals surface area (Å²) in [4.78, 5) is 0. The number of nitrogens with one attached hydrogen (secondary N) is 1. The Kier molecular flexibility index (Phi) is 4.40. The highest BCUT2D eigenvalue weighted by Crippen LogP contribution is 2.48. The van der Waals surface area contributed by atoms with Crippen LogP contribution in [0.2, 0.25) is 0 Å². The van der Waals surface area contributed by atoms with Gasteiger partial charge in [0.2, 0.25) is 0 Å². The first-order valence-corrected chi connectivity index (χ1v) is 8.89. The normalized spacial score (nSPS) is 22.8. The summed E-state index contributed by atoms with van der Waals surface area (Å²) >= 11 is 0. The predicted molar refractivity (Wildman–Crippen MR) is 90.6 cm³/mol. The lowest BCUT2D eigenvalue weighted by molar-refractivity contribution is 0.165. The molecule has 0 radical (unpaired) electrons. The monoisotopic (exact) mass is 285 g/mol. The van der Waals surface area contributed by atoms with Crippen LogP contribution >= 0.6 is 0 Å². The Labute approximate surface area is 130 Å². The third-order valence-corrected chi connectivity index (χ3v) is 6.10. The highest BCUT2D eigenvalue weighted by Gasteiger charge is 2.37. The Morgan fingerprint density at radius 2 is 1.62 bits per heavy atom. The maximum atomic E-state index is 3.87. The summed E-state index contributed by atoms with van der Waals surface area (Å²) in [5.74, 6) is 0. The van der Waals surface area contributed by atoms with Crippen LogP contribution in [0.25, 0.3) is 0 Å². The second kappa shape index (κ2) is 6.12. The number of benzene rings is 1. The van der Waals surface area contributed by atoms with Crippen LogP contribution in [0.4, 0.5) is 0 Å². The van der Waals surface area contributed by atoms with Gasteiger partial charge in [0.05, 0.1) is 0 Å². The van der Waals surface area contributed by atoms with Gasteiger partial charge in [-0.2, -0.15) is 0 Å². The van der Waals surface area contributed by atoms with Gasteiger partial charge >= 0.3 is 0 Å². The summed E-state index contributed by atoms with van der Waals surface area (Å²) in [5, 5.41) is 3.87. The van der Waals surface area contributed by atoms with Crippen LogP contribution in [0.5, 0.6) is 0 Å². The van der Waals surface area contributed by atoms with E-state index in [4.69, 9.17) is 0 Å². The molecule has 0 saturated heterocycles. The van der Waals surface area contributed by atoms with Crippen LogP contribution in [-0.2, 0) is 5.41 Å². The SMILES string of the molecule is CC(C)(CNC1CCC2(CCCC2)CC1)c1ccccc1. The molecule has 0 aromatic heterocycles. The summed E-state index contributed by atoms with van der Waals surface area (Å²) in [6.07, 6.45) is 11.7. The van der Waals surface area contributed by atoms with E-state index in [0.717, 1.165) is 18.0 Å². The molecule has 0 unspecified atom stereocenters. The first-order valence-electron chi connectivity index (χ1n) is 8.89. The molecule has 1 heteroatoms. The van der Waals surface area contributed by atoms with Crippen LogP contribution in [0.15, 0.2) is 30.3 Å². The van der Waals surface area contributed by atoms with Gasteiger partial charge in [0, 0.05) is 18.0 Å².